The lowest BCUT2D eigenvalue weighted by molar-refractivity contribution is -0.384. The van der Waals surface area contributed by atoms with Gasteiger partial charge in [-0.05, 0) is 24.6 Å². The molecule has 1 amide bonds. The van der Waals surface area contributed by atoms with Crippen LogP contribution in [0.25, 0.3) is 0 Å². The Hall–Kier alpha value is -3.07. The van der Waals surface area contributed by atoms with Crippen molar-refractivity contribution in [2.75, 3.05) is 18.2 Å². The lowest BCUT2D eigenvalue weighted by atomic mass is 10.2. The number of nitrogens with one attached hydrogen (secondary N) is 1. The fraction of sp³-hybridized carbons (Fsp3) is 0.176. The van der Waals surface area contributed by atoms with E-state index in [9.17, 15) is 23.9 Å². The molecule has 0 heterocycles. The molecule has 2 aromatic carbocycles. The number of hydrogen-bond donors (Lipinski definition) is 1. The average Bonchev–Trinajstić information content (AvgIpc) is 2.61. The Labute approximate surface area is 151 Å². The minimum Gasteiger partial charge on any atom is -0.452 e. The smallest absolute Gasteiger partial charge is 0.339 e. The summed E-state index contributed by atoms with van der Waals surface area (Å²) in [4.78, 5) is 34.6. The zero-order valence-electron chi connectivity index (χ0n) is 14.1. The predicted molar refractivity (Wildman–Crippen MR) is 95.5 cm³/mol. The summed E-state index contributed by atoms with van der Waals surface area (Å²) in [5.74, 6) is -1.42. The van der Waals surface area contributed by atoms with Crippen LogP contribution in [0.15, 0.2) is 47.4 Å². The summed E-state index contributed by atoms with van der Waals surface area (Å²) in [6.07, 6.45) is 1.43. The van der Waals surface area contributed by atoms with Crippen LogP contribution in [0.2, 0.25) is 0 Å². The Kier molecular flexibility index (Phi) is 6.18. The lowest BCUT2D eigenvalue weighted by Gasteiger charge is -2.10. The molecule has 0 unspecified atom stereocenters. The summed E-state index contributed by atoms with van der Waals surface area (Å²) in [7, 11) is -1.38. The van der Waals surface area contributed by atoms with Gasteiger partial charge in [0.1, 0.15) is 0 Å². The van der Waals surface area contributed by atoms with Gasteiger partial charge in [0.15, 0.2) is 6.61 Å². The van der Waals surface area contributed by atoms with Crippen molar-refractivity contribution in [2.24, 2.45) is 0 Å². The number of ether oxygens (including phenoxy) is 1. The molecule has 0 bridgehead atoms. The van der Waals surface area contributed by atoms with Crippen LogP contribution in [-0.4, -0.2) is 33.9 Å². The Balaban J connectivity index is 2.04. The number of nitro benzene ring substituents is 1. The van der Waals surface area contributed by atoms with Crippen molar-refractivity contribution >= 4 is 34.1 Å². The normalized spacial score (nSPS) is 11.5. The highest BCUT2D eigenvalue weighted by Gasteiger charge is 2.17. The maximum atomic E-state index is 12.1. The Morgan fingerprint density at radius 3 is 2.58 bits per heavy atom. The van der Waals surface area contributed by atoms with E-state index in [1.807, 2.05) is 0 Å². The van der Waals surface area contributed by atoms with Crippen LogP contribution in [0, 0.1) is 17.0 Å². The molecule has 9 heteroatoms. The molecule has 0 fully saturated rings. The van der Waals surface area contributed by atoms with Crippen LogP contribution < -0.4 is 5.32 Å². The van der Waals surface area contributed by atoms with Gasteiger partial charge in [-0.25, -0.2) is 4.79 Å². The van der Waals surface area contributed by atoms with Gasteiger partial charge in [-0.1, -0.05) is 18.2 Å². The first-order valence-corrected chi connectivity index (χ1v) is 9.00. The van der Waals surface area contributed by atoms with Crippen molar-refractivity contribution in [1.82, 2.24) is 0 Å². The van der Waals surface area contributed by atoms with Gasteiger partial charge in [0.25, 0.3) is 11.6 Å². The van der Waals surface area contributed by atoms with E-state index in [1.165, 1.54) is 30.5 Å². The zero-order chi connectivity index (χ0) is 19.3. The molecular formula is C17H16N2O6S. The third-order valence-electron chi connectivity index (χ3n) is 3.46. The number of anilines is 1. The highest BCUT2D eigenvalue weighted by molar-refractivity contribution is 7.84. The van der Waals surface area contributed by atoms with E-state index in [-0.39, 0.29) is 16.9 Å². The quantitative estimate of drug-likeness (QED) is 0.470. The van der Waals surface area contributed by atoms with Crippen molar-refractivity contribution < 1.29 is 23.5 Å². The fourth-order valence-corrected chi connectivity index (χ4v) is 2.87. The zero-order valence-corrected chi connectivity index (χ0v) is 14.9. The molecular weight excluding hydrogens is 360 g/mol. The first-order chi connectivity index (χ1) is 12.3. The van der Waals surface area contributed by atoms with Gasteiger partial charge in [-0.15, -0.1) is 0 Å². The van der Waals surface area contributed by atoms with Gasteiger partial charge >= 0.3 is 5.97 Å². The van der Waals surface area contributed by atoms with Crippen molar-refractivity contribution in [1.29, 1.82) is 0 Å². The Morgan fingerprint density at radius 2 is 1.92 bits per heavy atom. The SMILES string of the molecule is Cc1ccc([N+](=O)[O-])cc1NC(=O)COC(=O)c1ccccc1[S@@](C)=O. The summed E-state index contributed by atoms with van der Waals surface area (Å²) >= 11 is 0. The highest BCUT2D eigenvalue weighted by atomic mass is 32.2. The van der Waals surface area contributed by atoms with E-state index in [0.29, 0.717) is 10.5 Å². The van der Waals surface area contributed by atoms with Crippen LogP contribution >= 0.6 is 0 Å². The van der Waals surface area contributed by atoms with Crippen LogP contribution in [-0.2, 0) is 20.3 Å². The maximum Gasteiger partial charge on any atom is 0.339 e. The molecule has 0 aliphatic heterocycles. The second kappa shape index (κ2) is 8.34. The molecule has 0 radical (unpaired) electrons. The van der Waals surface area contributed by atoms with Gasteiger partial charge in [-0.3, -0.25) is 19.1 Å². The first kappa shape index (κ1) is 19.3. The monoisotopic (exact) mass is 376 g/mol. The van der Waals surface area contributed by atoms with Crippen molar-refractivity contribution in [3.05, 3.63) is 63.7 Å². The molecule has 26 heavy (non-hydrogen) atoms. The molecule has 136 valence electrons. The number of esters is 1. The second-order valence-electron chi connectivity index (χ2n) is 5.33. The Morgan fingerprint density at radius 1 is 1.23 bits per heavy atom. The standard InChI is InChI=1S/C17H16N2O6S/c1-11-7-8-12(19(22)23)9-14(11)18-16(20)10-25-17(21)13-5-3-4-6-15(13)26(2)24/h3-9H,10H2,1-2H3,(H,18,20)/t26-/m1/s1. The highest BCUT2D eigenvalue weighted by Crippen LogP contribution is 2.21. The predicted octanol–water partition coefficient (Wildman–Crippen LogP) is 2.44. The molecule has 2 aromatic rings. The van der Waals surface area contributed by atoms with Crippen LogP contribution in [0.5, 0.6) is 0 Å². The number of carbonyl (C=O) groups is 2. The number of rotatable bonds is 6. The largest absolute Gasteiger partial charge is 0.452 e. The van der Waals surface area contributed by atoms with E-state index in [2.05, 4.69) is 5.32 Å². The molecule has 2 rings (SSSR count). The number of nitrogens with zero attached hydrogens (tertiary/aromatic N) is 1. The van der Waals surface area contributed by atoms with Crippen LogP contribution in [0.3, 0.4) is 0 Å². The van der Waals surface area contributed by atoms with E-state index in [0.717, 1.165) is 0 Å². The van der Waals surface area contributed by atoms with Crippen LogP contribution in [0.4, 0.5) is 11.4 Å². The molecule has 0 saturated heterocycles. The Bertz CT molecular complexity index is 897. The van der Waals surface area contributed by atoms with Crippen molar-refractivity contribution in [3.8, 4) is 0 Å². The van der Waals surface area contributed by atoms with Gasteiger partial charge in [0.2, 0.25) is 0 Å². The maximum absolute atomic E-state index is 12.1. The van der Waals surface area contributed by atoms with Gasteiger partial charge < -0.3 is 10.1 Å². The van der Waals surface area contributed by atoms with Gasteiger partial charge in [0, 0.05) is 18.4 Å². The molecule has 0 aliphatic rings. The number of amides is 1. The minimum absolute atomic E-state index is 0.118. The number of carbonyl (C=O) groups excluding carboxylic acids is 2. The van der Waals surface area contributed by atoms with Gasteiger partial charge in [-0.2, -0.15) is 0 Å². The van der Waals surface area contributed by atoms with Crippen LogP contribution in [0.1, 0.15) is 15.9 Å². The lowest BCUT2D eigenvalue weighted by Crippen LogP contribution is -2.22. The summed E-state index contributed by atoms with van der Waals surface area (Å²) in [6, 6.07) is 10.3. The van der Waals surface area contributed by atoms with Crippen molar-refractivity contribution in [3.63, 3.8) is 0 Å². The van der Waals surface area contributed by atoms with E-state index < -0.39 is 34.2 Å². The number of non-ortho nitro benzene ring substituents is 1. The molecule has 1 atom stereocenters. The topological polar surface area (TPSA) is 116 Å². The molecule has 8 nitrogen and oxygen atoms in total. The molecule has 0 spiro atoms. The summed E-state index contributed by atoms with van der Waals surface area (Å²) < 4.78 is 16.6. The molecule has 0 aromatic heterocycles. The third-order valence-corrected chi connectivity index (χ3v) is 4.43. The summed E-state index contributed by atoms with van der Waals surface area (Å²) in [6.45, 7) is 1.10. The van der Waals surface area contributed by atoms with E-state index in [4.69, 9.17) is 4.74 Å². The molecule has 0 saturated carbocycles. The number of hydrogen-bond acceptors (Lipinski definition) is 6. The fourth-order valence-electron chi connectivity index (χ4n) is 2.14. The number of benzene rings is 2. The van der Waals surface area contributed by atoms with Gasteiger partial charge in [0.05, 0.1) is 31.9 Å². The third kappa shape index (κ3) is 4.73. The molecule has 0 aliphatic carbocycles. The van der Waals surface area contributed by atoms with Crippen molar-refractivity contribution in [2.45, 2.75) is 11.8 Å². The number of aryl methyl sites for hydroxylation is 1. The molecule has 1 N–H and O–H groups in total. The second-order valence-corrected chi connectivity index (χ2v) is 6.68. The summed E-state index contributed by atoms with van der Waals surface area (Å²) in [5.41, 5.74) is 0.840. The summed E-state index contributed by atoms with van der Waals surface area (Å²) in [5, 5.41) is 13.3. The van der Waals surface area contributed by atoms with E-state index >= 15 is 0 Å². The van der Waals surface area contributed by atoms with E-state index in [1.54, 1.807) is 25.1 Å². The first-order valence-electron chi connectivity index (χ1n) is 7.44. The average molecular weight is 376 g/mol. The minimum atomic E-state index is -1.38. The number of nitro groups is 1.